The van der Waals surface area contributed by atoms with Gasteiger partial charge in [-0.2, -0.15) is 5.26 Å². The molecule has 2 aromatic carbocycles. The van der Waals surface area contributed by atoms with Crippen LogP contribution in [0.5, 0.6) is 5.75 Å². The Bertz CT molecular complexity index is 650. The third-order valence-electron chi connectivity index (χ3n) is 2.63. The van der Waals surface area contributed by atoms with E-state index in [-0.39, 0.29) is 0 Å². The van der Waals surface area contributed by atoms with E-state index in [0.29, 0.717) is 33.4 Å². The van der Waals surface area contributed by atoms with Crippen LogP contribution in [0.15, 0.2) is 36.4 Å². The minimum Gasteiger partial charge on any atom is -0.497 e. The molecule has 0 saturated heterocycles. The number of nitrogens with zero attached hydrogens (tertiary/aromatic N) is 1. The summed E-state index contributed by atoms with van der Waals surface area (Å²) in [7, 11) is 1.58. The number of nitriles is 1. The van der Waals surface area contributed by atoms with E-state index < -0.39 is 0 Å². The predicted molar refractivity (Wildman–Crippen MR) is 76.9 cm³/mol. The highest BCUT2D eigenvalue weighted by Crippen LogP contribution is 2.31. The summed E-state index contributed by atoms with van der Waals surface area (Å²) in [5, 5.41) is 12.5. The molecular formula is C14H12ClN3O. The molecule has 0 saturated carbocycles. The van der Waals surface area contributed by atoms with Crippen molar-refractivity contribution in [3.8, 4) is 11.8 Å². The van der Waals surface area contributed by atoms with Crippen LogP contribution in [0.1, 0.15) is 5.56 Å². The Kier molecular flexibility index (Phi) is 3.79. The number of benzene rings is 2. The minimum atomic E-state index is 0.524. The van der Waals surface area contributed by atoms with Crippen LogP contribution in [0.3, 0.4) is 0 Å². The van der Waals surface area contributed by atoms with Crippen LogP contribution in [0.25, 0.3) is 0 Å². The Morgan fingerprint density at radius 2 is 2.00 bits per heavy atom. The van der Waals surface area contributed by atoms with E-state index in [0.717, 1.165) is 0 Å². The number of rotatable bonds is 3. The van der Waals surface area contributed by atoms with Crippen LogP contribution < -0.4 is 15.8 Å². The fraction of sp³-hybridized carbons (Fsp3) is 0.0714. The van der Waals surface area contributed by atoms with E-state index in [2.05, 4.69) is 11.4 Å². The quantitative estimate of drug-likeness (QED) is 0.839. The van der Waals surface area contributed by atoms with Crippen molar-refractivity contribution in [2.45, 2.75) is 0 Å². The molecule has 96 valence electrons. The van der Waals surface area contributed by atoms with E-state index in [4.69, 9.17) is 27.3 Å². The highest BCUT2D eigenvalue weighted by atomic mass is 35.5. The molecule has 0 spiro atoms. The molecule has 0 fully saturated rings. The molecule has 0 aliphatic heterocycles. The number of hydrogen-bond donors (Lipinski definition) is 2. The second kappa shape index (κ2) is 5.51. The second-order valence-corrected chi connectivity index (χ2v) is 4.29. The van der Waals surface area contributed by atoms with Gasteiger partial charge in [0, 0.05) is 6.07 Å². The summed E-state index contributed by atoms with van der Waals surface area (Å²) in [6.45, 7) is 0. The van der Waals surface area contributed by atoms with Crippen LogP contribution in [0.4, 0.5) is 17.1 Å². The topological polar surface area (TPSA) is 71.1 Å². The highest BCUT2D eigenvalue weighted by molar-refractivity contribution is 6.33. The standard InChI is InChI=1S/C14H12ClN3O/c1-19-10-3-4-11(15)13(7-10)18-14-6-9(8-16)2-5-12(14)17/h2-7,18H,17H2,1H3. The summed E-state index contributed by atoms with van der Waals surface area (Å²) >= 11 is 6.11. The Morgan fingerprint density at radius 1 is 1.21 bits per heavy atom. The molecule has 0 heterocycles. The lowest BCUT2D eigenvalue weighted by molar-refractivity contribution is 0.415. The van der Waals surface area contributed by atoms with Crippen molar-refractivity contribution in [3.63, 3.8) is 0 Å². The summed E-state index contributed by atoms with van der Waals surface area (Å²) in [5.74, 6) is 0.682. The lowest BCUT2D eigenvalue weighted by atomic mass is 10.2. The van der Waals surface area contributed by atoms with Crippen LogP contribution in [0.2, 0.25) is 5.02 Å². The SMILES string of the molecule is COc1ccc(Cl)c(Nc2cc(C#N)ccc2N)c1. The molecule has 2 rings (SSSR count). The number of ether oxygens (including phenoxy) is 1. The van der Waals surface area contributed by atoms with Crippen LogP contribution >= 0.6 is 11.6 Å². The van der Waals surface area contributed by atoms with Crippen LogP contribution in [0, 0.1) is 11.3 Å². The second-order valence-electron chi connectivity index (χ2n) is 3.88. The van der Waals surface area contributed by atoms with Gasteiger partial charge in [-0.1, -0.05) is 11.6 Å². The molecule has 5 heteroatoms. The molecule has 0 atom stereocenters. The first kappa shape index (κ1) is 13.1. The molecule has 2 aromatic rings. The molecular weight excluding hydrogens is 262 g/mol. The number of hydrogen-bond acceptors (Lipinski definition) is 4. The third kappa shape index (κ3) is 2.90. The van der Waals surface area contributed by atoms with Crippen molar-refractivity contribution in [3.05, 3.63) is 47.0 Å². The number of methoxy groups -OCH3 is 1. The predicted octanol–water partition coefficient (Wildman–Crippen LogP) is 3.55. The molecule has 0 aromatic heterocycles. The van der Waals surface area contributed by atoms with Crippen molar-refractivity contribution in [1.82, 2.24) is 0 Å². The van der Waals surface area contributed by atoms with Gasteiger partial charge in [-0.3, -0.25) is 0 Å². The molecule has 0 aliphatic carbocycles. The third-order valence-corrected chi connectivity index (χ3v) is 2.95. The molecule has 0 unspecified atom stereocenters. The van der Waals surface area contributed by atoms with Gasteiger partial charge in [0.25, 0.3) is 0 Å². The van der Waals surface area contributed by atoms with Gasteiger partial charge in [0.15, 0.2) is 0 Å². The van der Waals surface area contributed by atoms with Crippen molar-refractivity contribution < 1.29 is 4.74 Å². The first-order chi connectivity index (χ1) is 9.13. The minimum absolute atomic E-state index is 0.524. The van der Waals surface area contributed by atoms with Crippen molar-refractivity contribution in [1.29, 1.82) is 5.26 Å². The first-order valence-electron chi connectivity index (χ1n) is 5.54. The van der Waals surface area contributed by atoms with E-state index in [1.54, 1.807) is 43.5 Å². The van der Waals surface area contributed by atoms with Gasteiger partial charge in [0.2, 0.25) is 0 Å². The number of nitrogen functional groups attached to an aromatic ring is 1. The summed E-state index contributed by atoms with van der Waals surface area (Å²) in [6.07, 6.45) is 0. The maximum atomic E-state index is 8.89. The van der Waals surface area contributed by atoms with Gasteiger partial charge in [-0.25, -0.2) is 0 Å². The van der Waals surface area contributed by atoms with Crippen LogP contribution in [-0.2, 0) is 0 Å². The summed E-state index contributed by atoms with van der Waals surface area (Å²) in [4.78, 5) is 0. The van der Waals surface area contributed by atoms with Crippen LogP contribution in [-0.4, -0.2) is 7.11 Å². The maximum Gasteiger partial charge on any atom is 0.121 e. The smallest absolute Gasteiger partial charge is 0.121 e. The maximum absolute atomic E-state index is 8.89. The van der Waals surface area contributed by atoms with Gasteiger partial charge < -0.3 is 15.8 Å². The molecule has 0 radical (unpaired) electrons. The number of anilines is 3. The van der Waals surface area contributed by atoms with Crippen molar-refractivity contribution in [2.24, 2.45) is 0 Å². The lowest BCUT2D eigenvalue weighted by Gasteiger charge is -2.12. The van der Waals surface area contributed by atoms with Gasteiger partial charge >= 0.3 is 0 Å². The highest BCUT2D eigenvalue weighted by Gasteiger charge is 2.06. The zero-order valence-electron chi connectivity index (χ0n) is 10.3. The monoisotopic (exact) mass is 273 g/mol. The Labute approximate surface area is 116 Å². The molecule has 19 heavy (non-hydrogen) atoms. The number of nitrogens with two attached hydrogens (primary N) is 1. The molecule has 0 aliphatic rings. The summed E-state index contributed by atoms with van der Waals surface area (Å²) in [5.41, 5.74) is 8.23. The fourth-order valence-electron chi connectivity index (χ4n) is 1.61. The number of halogens is 1. The Balaban J connectivity index is 2.38. The van der Waals surface area contributed by atoms with Crippen molar-refractivity contribution in [2.75, 3.05) is 18.2 Å². The summed E-state index contributed by atoms with van der Waals surface area (Å²) < 4.78 is 5.14. The molecule has 0 amide bonds. The lowest BCUT2D eigenvalue weighted by Crippen LogP contribution is -1.98. The van der Waals surface area contributed by atoms with Crippen molar-refractivity contribution >= 4 is 28.7 Å². The Morgan fingerprint density at radius 3 is 2.68 bits per heavy atom. The zero-order chi connectivity index (χ0) is 13.8. The normalized spacial score (nSPS) is 9.74. The van der Waals surface area contributed by atoms with Gasteiger partial charge in [-0.15, -0.1) is 0 Å². The average Bonchev–Trinajstić information content (AvgIpc) is 2.43. The van der Waals surface area contributed by atoms with Gasteiger partial charge in [-0.05, 0) is 30.3 Å². The molecule has 4 nitrogen and oxygen atoms in total. The van der Waals surface area contributed by atoms with E-state index >= 15 is 0 Å². The van der Waals surface area contributed by atoms with E-state index in [1.165, 1.54) is 0 Å². The fourth-order valence-corrected chi connectivity index (χ4v) is 1.77. The molecule has 0 bridgehead atoms. The largest absolute Gasteiger partial charge is 0.497 e. The number of nitrogens with one attached hydrogen (secondary N) is 1. The first-order valence-corrected chi connectivity index (χ1v) is 5.92. The van der Waals surface area contributed by atoms with E-state index in [1.807, 2.05) is 0 Å². The van der Waals surface area contributed by atoms with E-state index in [9.17, 15) is 0 Å². The Hall–Kier alpha value is -2.38. The zero-order valence-corrected chi connectivity index (χ0v) is 11.0. The van der Waals surface area contributed by atoms with Gasteiger partial charge in [0.05, 0.1) is 40.8 Å². The van der Waals surface area contributed by atoms with Gasteiger partial charge in [0.1, 0.15) is 5.75 Å². The average molecular weight is 274 g/mol. The summed E-state index contributed by atoms with van der Waals surface area (Å²) in [6, 6.07) is 12.3. The molecule has 3 N–H and O–H groups in total.